The number of sulfonamides is 1. The van der Waals surface area contributed by atoms with Crippen LogP contribution in [0.1, 0.15) is 5.56 Å². The molecule has 2 rings (SSSR count). The van der Waals surface area contributed by atoms with Gasteiger partial charge >= 0.3 is 0 Å². The highest BCUT2D eigenvalue weighted by atomic mass is 32.2. The molecule has 0 aliphatic rings. The molecule has 24 heavy (non-hydrogen) atoms. The van der Waals surface area contributed by atoms with Gasteiger partial charge in [-0.3, -0.25) is 0 Å². The van der Waals surface area contributed by atoms with Crippen LogP contribution in [-0.4, -0.2) is 29.2 Å². The van der Waals surface area contributed by atoms with E-state index in [1.807, 2.05) is 6.07 Å². The van der Waals surface area contributed by atoms with Crippen molar-refractivity contribution in [3.05, 3.63) is 53.8 Å². The van der Waals surface area contributed by atoms with Crippen molar-refractivity contribution in [1.29, 1.82) is 0 Å². The second-order valence-electron chi connectivity index (χ2n) is 4.62. The van der Waals surface area contributed by atoms with Gasteiger partial charge in [0.15, 0.2) is 0 Å². The molecule has 1 N–H and O–H groups in total. The third-order valence-electron chi connectivity index (χ3n) is 3.10. The summed E-state index contributed by atoms with van der Waals surface area (Å²) in [7, 11) is -1.10. The molecule has 126 valence electrons. The quantitative estimate of drug-likeness (QED) is 0.841. The van der Waals surface area contributed by atoms with E-state index in [1.165, 1.54) is 20.3 Å². The number of hydrogen-bond donors (Lipinski definition) is 1. The Morgan fingerprint density at radius 3 is 2.50 bits per heavy atom. The second kappa shape index (κ2) is 7.81. The molecule has 0 aliphatic heterocycles. The number of methoxy groups -OCH3 is 2. The van der Waals surface area contributed by atoms with E-state index in [2.05, 4.69) is 16.6 Å². The third kappa shape index (κ3) is 4.25. The maximum absolute atomic E-state index is 13.3. The fraction of sp³-hybridized carbons (Fsp3) is 0.176. The molecule has 0 bridgehead atoms. The maximum Gasteiger partial charge on any atom is 0.245 e. The highest BCUT2D eigenvalue weighted by Crippen LogP contribution is 2.24. The second-order valence-corrected chi connectivity index (χ2v) is 6.36. The fourth-order valence-electron chi connectivity index (χ4n) is 1.96. The first kappa shape index (κ1) is 17.8. The lowest BCUT2D eigenvalue weighted by molar-refractivity contribution is 0.400. The molecule has 2 aromatic carbocycles. The zero-order valence-corrected chi connectivity index (χ0v) is 14.0. The lowest BCUT2D eigenvalue weighted by Crippen LogP contribution is -2.24. The van der Waals surface area contributed by atoms with Gasteiger partial charge in [-0.2, -0.15) is 4.72 Å². The summed E-state index contributed by atoms with van der Waals surface area (Å²) in [4.78, 5) is -0.274. The van der Waals surface area contributed by atoms with Crippen LogP contribution in [0.15, 0.2) is 47.4 Å². The van der Waals surface area contributed by atoms with Gasteiger partial charge in [-0.15, -0.1) is 0 Å². The molecule has 0 spiro atoms. The first-order valence-corrected chi connectivity index (χ1v) is 8.41. The summed E-state index contributed by atoms with van der Waals surface area (Å²) in [5.41, 5.74) is 0.641. The number of rotatable bonds is 5. The Balaban J connectivity index is 2.15. The van der Waals surface area contributed by atoms with Crippen LogP contribution in [0.3, 0.4) is 0 Å². The van der Waals surface area contributed by atoms with Gasteiger partial charge in [0.25, 0.3) is 0 Å². The fourth-order valence-corrected chi connectivity index (χ4v) is 3.06. The number of para-hydroxylation sites is 1. The van der Waals surface area contributed by atoms with Crippen molar-refractivity contribution < 1.29 is 22.3 Å². The van der Waals surface area contributed by atoms with Crippen LogP contribution >= 0.6 is 0 Å². The van der Waals surface area contributed by atoms with Crippen LogP contribution in [0, 0.1) is 17.7 Å². The normalized spacial score (nSPS) is 10.6. The van der Waals surface area contributed by atoms with Crippen LogP contribution < -0.4 is 14.2 Å². The molecule has 0 aromatic heterocycles. The van der Waals surface area contributed by atoms with Gasteiger partial charge in [0.05, 0.1) is 26.3 Å². The van der Waals surface area contributed by atoms with Crippen molar-refractivity contribution in [2.24, 2.45) is 0 Å². The minimum absolute atomic E-state index is 0.0570. The van der Waals surface area contributed by atoms with Crippen LogP contribution in [0.2, 0.25) is 0 Å². The largest absolute Gasteiger partial charge is 0.495 e. The van der Waals surface area contributed by atoms with Crippen molar-refractivity contribution in [2.45, 2.75) is 4.90 Å². The zero-order valence-electron chi connectivity index (χ0n) is 13.2. The Morgan fingerprint density at radius 1 is 1.08 bits per heavy atom. The molecule has 7 heteroatoms. The van der Waals surface area contributed by atoms with E-state index in [0.717, 1.165) is 12.1 Å². The summed E-state index contributed by atoms with van der Waals surface area (Å²) in [6.45, 7) is -0.139. The lowest BCUT2D eigenvalue weighted by atomic mass is 10.2. The molecule has 0 unspecified atom stereocenters. The van der Waals surface area contributed by atoms with E-state index in [9.17, 15) is 12.8 Å². The molecule has 0 fully saturated rings. The van der Waals surface area contributed by atoms with Crippen LogP contribution in [0.4, 0.5) is 4.39 Å². The van der Waals surface area contributed by atoms with E-state index in [-0.39, 0.29) is 17.2 Å². The lowest BCUT2D eigenvalue weighted by Gasteiger charge is -2.09. The summed E-state index contributed by atoms with van der Waals surface area (Å²) in [6.07, 6.45) is 0. The Kier molecular flexibility index (Phi) is 5.79. The molecule has 0 radical (unpaired) electrons. The van der Waals surface area contributed by atoms with Crippen molar-refractivity contribution in [3.63, 3.8) is 0 Å². The molecular formula is C17H16FNO4S. The first-order valence-electron chi connectivity index (χ1n) is 6.93. The van der Waals surface area contributed by atoms with E-state index >= 15 is 0 Å². The first-order chi connectivity index (χ1) is 11.5. The Morgan fingerprint density at radius 2 is 1.79 bits per heavy atom. The van der Waals surface area contributed by atoms with Gasteiger partial charge in [0, 0.05) is 0 Å². The average Bonchev–Trinajstić information content (AvgIpc) is 2.59. The highest BCUT2D eigenvalue weighted by Gasteiger charge is 2.19. The SMILES string of the molecule is COc1ccccc1C#CCNS(=O)(=O)c1cc(F)ccc1OC. The van der Waals surface area contributed by atoms with E-state index in [1.54, 1.807) is 18.2 Å². The Bertz CT molecular complexity index is 885. The predicted molar refractivity (Wildman–Crippen MR) is 88.0 cm³/mol. The number of halogens is 1. The number of hydrogen-bond acceptors (Lipinski definition) is 4. The van der Waals surface area contributed by atoms with Crippen molar-refractivity contribution in [2.75, 3.05) is 20.8 Å². The van der Waals surface area contributed by atoms with E-state index < -0.39 is 15.8 Å². The Labute approximate surface area is 140 Å². The smallest absolute Gasteiger partial charge is 0.245 e. The molecule has 0 heterocycles. The summed E-state index contributed by atoms with van der Waals surface area (Å²) in [5, 5.41) is 0. The molecule has 0 saturated heterocycles. The van der Waals surface area contributed by atoms with Gasteiger partial charge in [-0.05, 0) is 30.3 Å². The number of ether oxygens (including phenoxy) is 2. The molecule has 0 amide bonds. The highest BCUT2D eigenvalue weighted by molar-refractivity contribution is 7.89. The summed E-state index contributed by atoms with van der Waals surface area (Å²) in [5.74, 6) is 5.50. The van der Waals surface area contributed by atoms with Crippen molar-refractivity contribution >= 4 is 10.0 Å². The molecule has 0 saturated carbocycles. The minimum Gasteiger partial charge on any atom is -0.495 e. The number of benzene rings is 2. The topological polar surface area (TPSA) is 64.6 Å². The van der Waals surface area contributed by atoms with Gasteiger partial charge in [0.2, 0.25) is 10.0 Å². The summed E-state index contributed by atoms with van der Waals surface area (Å²) in [6, 6.07) is 10.4. The molecule has 0 aliphatic carbocycles. The molecular weight excluding hydrogens is 333 g/mol. The van der Waals surface area contributed by atoms with Crippen LogP contribution in [0.25, 0.3) is 0 Å². The summed E-state index contributed by atoms with van der Waals surface area (Å²) < 4.78 is 50.2. The third-order valence-corrected chi connectivity index (χ3v) is 4.52. The van der Waals surface area contributed by atoms with Gasteiger partial charge < -0.3 is 9.47 Å². The Hall–Kier alpha value is -2.56. The molecule has 0 atom stereocenters. The standard InChI is InChI=1S/C17H16FNO4S/c1-22-15-8-4-3-6-13(15)7-5-11-19-24(20,21)17-12-14(18)9-10-16(17)23-2/h3-4,6,8-10,12,19H,11H2,1-2H3. The van der Waals surface area contributed by atoms with E-state index in [0.29, 0.717) is 11.3 Å². The number of nitrogens with one attached hydrogen (secondary N) is 1. The predicted octanol–water partition coefficient (Wildman–Crippen LogP) is 2.17. The molecule has 2 aromatic rings. The zero-order chi connectivity index (χ0) is 17.6. The van der Waals surface area contributed by atoms with Crippen molar-refractivity contribution in [3.8, 4) is 23.3 Å². The van der Waals surface area contributed by atoms with Gasteiger partial charge in [-0.1, -0.05) is 24.0 Å². The monoisotopic (exact) mass is 349 g/mol. The minimum atomic E-state index is -3.94. The van der Waals surface area contributed by atoms with Crippen LogP contribution in [-0.2, 0) is 10.0 Å². The van der Waals surface area contributed by atoms with Gasteiger partial charge in [0.1, 0.15) is 22.2 Å². The summed E-state index contributed by atoms with van der Waals surface area (Å²) >= 11 is 0. The maximum atomic E-state index is 13.3. The molecule has 5 nitrogen and oxygen atoms in total. The van der Waals surface area contributed by atoms with Gasteiger partial charge in [-0.25, -0.2) is 12.8 Å². The van der Waals surface area contributed by atoms with Crippen LogP contribution in [0.5, 0.6) is 11.5 Å². The average molecular weight is 349 g/mol. The van der Waals surface area contributed by atoms with E-state index in [4.69, 9.17) is 9.47 Å². The van der Waals surface area contributed by atoms with Crippen molar-refractivity contribution in [1.82, 2.24) is 4.72 Å².